The molecule has 1 aromatic carbocycles. The average Bonchev–Trinajstić information content (AvgIpc) is 2.66. The fraction of sp³-hybridized carbons (Fsp3) is 0.333. The first kappa shape index (κ1) is 22.0. The maximum atomic E-state index is 12.2. The summed E-state index contributed by atoms with van der Waals surface area (Å²) < 4.78 is 25.4. The van der Waals surface area contributed by atoms with Crippen molar-refractivity contribution in [2.24, 2.45) is 0 Å². The van der Waals surface area contributed by atoms with Gasteiger partial charge in [0.2, 0.25) is 16.9 Å². The van der Waals surface area contributed by atoms with E-state index in [9.17, 15) is 9.59 Å². The quantitative estimate of drug-likeness (QED) is 0.511. The first-order valence-corrected chi connectivity index (χ1v) is 9.00. The van der Waals surface area contributed by atoms with Gasteiger partial charge in [0.05, 0.1) is 6.16 Å². The lowest BCUT2D eigenvalue weighted by Crippen LogP contribution is -2.11. The number of carbonyl (C=O) groups is 1. The largest absolute Gasteiger partial charge is 0.481 e. The van der Waals surface area contributed by atoms with Crippen molar-refractivity contribution >= 4 is 14.7 Å². The standard InChI is InChI=1S/C16H17O6P.C2H6O/c1-19-23(20-2)11-13-8-14(18)16(15(9-17)22-13)21-10-12-6-4-3-5-7-12;1-3-2/h3-9H,10-11H2,1-2H3;1-2H3. The number of methoxy groups -OCH3 is 1. The van der Waals surface area contributed by atoms with E-state index in [1.54, 1.807) is 14.2 Å². The smallest absolute Gasteiger partial charge is 0.227 e. The lowest BCUT2D eigenvalue weighted by molar-refractivity contribution is 0.108. The summed E-state index contributed by atoms with van der Waals surface area (Å²) in [6.45, 7) is 0.175. The van der Waals surface area contributed by atoms with Crippen LogP contribution in [0.2, 0.25) is 0 Å². The minimum Gasteiger partial charge on any atom is -0.481 e. The van der Waals surface area contributed by atoms with Gasteiger partial charge in [-0.05, 0) is 5.56 Å². The molecule has 2 rings (SSSR count). The van der Waals surface area contributed by atoms with Crippen molar-refractivity contribution in [2.45, 2.75) is 12.8 Å². The number of rotatable bonds is 8. The first-order valence-electron chi connectivity index (χ1n) is 7.64. The Labute approximate surface area is 153 Å². The first-order chi connectivity index (χ1) is 12.6. The minimum absolute atomic E-state index is 0.0910. The molecule has 0 aliphatic heterocycles. The van der Waals surface area contributed by atoms with Crippen LogP contribution in [0.3, 0.4) is 0 Å². The van der Waals surface area contributed by atoms with E-state index >= 15 is 0 Å². The molecule has 0 atom stereocenters. The summed E-state index contributed by atoms with van der Waals surface area (Å²) in [7, 11) is 5.06. The van der Waals surface area contributed by atoms with Crippen molar-refractivity contribution < 1.29 is 27.7 Å². The van der Waals surface area contributed by atoms with Crippen LogP contribution in [0.5, 0.6) is 5.75 Å². The summed E-state index contributed by atoms with van der Waals surface area (Å²) in [5.41, 5.74) is 0.474. The van der Waals surface area contributed by atoms with Crippen molar-refractivity contribution in [2.75, 3.05) is 28.4 Å². The molecule has 8 heteroatoms. The lowest BCUT2D eigenvalue weighted by atomic mass is 10.2. The molecule has 0 aliphatic carbocycles. The molecule has 7 nitrogen and oxygen atoms in total. The summed E-state index contributed by atoms with van der Waals surface area (Å²) >= 11 is 0. The lowest BCUT2D eigenvalue weighted by Gasteiger charge is -2.12. The average molecular weight is 382 g/mol. The molecular formula is C18H23O7P. The van der Waals surface area contributed by atoms with Gasteiger partial charge in [0.15, 0.2) is 14.7 Å². The van der Waals surface area contributed by atoms with Gasteiger partial charge in [-0.2, -0.15) is 0 Å². The van der Waals surface area contributed by atoms with E-state index in [1.807, 2.05) is 30.3 Å². The van der Waals surface area contributed by atoms with Crippen molar-refractivity contribution in [3.05, 3.63) is 63.7 Å². The fourth-order valence-corrected chi connectivity index (χ4v) is 2.73. The predicted molar refractivity (Wildman–Crippen MR) is 98.7 cm³/mol. The SMILES string of the molecule is COC.COP(Cc1cc(=O)c(OCc2ccccc2)c(C=O)o1)OC. The molecule has 0 bridgehead atoms. The number of hydrogen-bond acceptors (Lipinski definition) is 7. The maximum Gasteiger partial charge on any atom is 0.227 e. The highest BCUT2D eigenvalue weighted by molar-refractivity contribution is 7.46. The molecular weight excluding hydrogens is 359 g/mol. The molecule has 0 radical (unpaired) electrons. The van der Waals surface area contributed by atoms with Crippen LogP contribution in [0.25, 0.3) is 0 Å². The van der Waals surface area contributed by atoms with Crippen LogP contribution >= 0.6 is 8.38 Å². The van der Waals surface area contributed by atoms with E-state index in [4.69, 9.17) is 18.2 Å². The van der Waals surface area contributed by atoms with Crippen LogP contribution in [0.4, 0.5) is 0 Å². The van der Waals surface area contributed by atoms with Gasteiger partial charge in [0.1, 0.15) is 12.4 Å². The Morgan fingerprint density at radius 2 is 1.69 bits per heavy atom. The molecule has 2 aromatic rings. The molecule has 0 N–H and O–H groups in total. The molecule has 0 saturated heterocycles. The molecule has 0 aliphatic rings. The third-order valence-corrected chi connectivity index (χ3v) is 4.39. The van der Waals surface area contributed by atoms with E-state index in [1.165, 1.54) is 20.3 Å². The maximum absolute atomic E-state index is 12.2. The summed E-state index contributed by atoms with van der Waals surface area (Å²) in [6, 6.07) is 10.6. The van der Waals surface area contributed by atoms with E-state index < -0.39 is 13.8 Å². The normalized spacial score (nSPS) is 10.2. The van der Waals surface area contributed by atoms with Gasteiger partial charge in [-0.15, -0.1) is 0 Å². The molecule has 0 amide bonds. The molecule has 0 saturated carbocycles. The predicted octanol–water partition coefficient (Wildman–Crippen LogP) is 3.40. The summed E-state index contributed by atoms with van der Waals surface area (Å²) in [4.78, 5) is 23.4. The Kier molecular flexibility index (Phi) is 10.4. The van der Waals surface area contributed by atoms with Crippen molar-refractivity contribution in [3.8, 4) is 5.75 Å². The zero-order valence-electron chi connectivity index (χ0n) is 15.3. The fourth-order valence-electron chi connectivity index (χ4n) is 1.91. The molecule has 0 fully saturated rings. The highest BCUT2D eigenvalue weighted by atomic mass is 31.2. The number of hydrogen-bond donors (Lipinski definition) is 0. The van der Waals surface area contributed by atoms with Gasteiger partial charge in [0, 0.05) is 34.5 Å². The van der Waals surface area contributed by atoms with Gasteiger partial charge in [0.25, 0.3) is 0 Å². The second kappa shape index (κ2) is 12.3. The van der Waals surface area contributed by atoms with Crippen molar-refractivity contribution in [3.63, 3.8) is 0 Å². The van der Waals surface area contributed by atoms with Crippen molar-refractivity contribution in [1.82, 2.24) is 0 Å². The number of aldehydes is 1. The monoisotopic (exact) mass is 382 g/mol. The second-order valence-corrected chi connectivity index (χ2v) is 6.64. The van der Waals surface area contributed by atoms with Crippen LogP contribution in [0.1, 0.15) is 21.9 Å². The Morgan fingerprint density at radius 3 is 2.23 bits per heavy atom. The third-order valence-electron chi connectivity index (χ3n) is 3.01. The van der Waals surface area contributed by atoms with Gasteiger partial charge < -0.3 is 22.9 Å². The number of carbonyl (C=O) groups excluding carboxylic acids is 1. The molecule has 26 heavy (non-hydrogen) atoms. The van der Waals surface area contributed by atoms with Crippen LogP contribution in [0, 0.1) is 0 Å². The van der Waals surface area contributed by atoms with Crippen LogP contribution in [0.15, 0.2) is 45.6 Å². The van der Waals surface area contributed by atoms with E-state index in [0.717, 1.165) is 5.56 Å². The number of ether oxygens (including phenoxy) is 2. The second-order valence-electron chi connectivity index (χ2n) is 4.93. The highest BCUT2D eigenvalue weighted by Gasteiger charge is 2.17. The summed E-state index contributed by atoms with van der Waals surface area (Å²) in [5.74, 6) is 0.0938. The van der Waals surface area contributed by atoms with Gasteiger partial charge >= 0.3 is 0 Å². The zero-order valence-corrected chi connectivity index (χ0v) is 16.2. The topological polar surface area (TPSA) is 84.2 Å². The molecule has 1 heterocycles. The Balaban J connectivity index is 0.00000105. The van der Waals surface area contributed by atoms with E-state index in [0.29, 0.717) is 12.0 Å². The molecule has 1 aromatic heterocycles. The Hall–Kier alpha value is -2.05. The number of benzene rings is 1. The summed E-state index contributed by atoms with van der Waals surface area (Å²) in [5, 5.41) is 0. The highest BCUT2D eigenvalue weighted by Crippen LogP contribution is 2.40. The summed E-state index contributed by atoms with van der Waals surface area (Å²) in [6.07, 6.45) is 0.741. The molecule has 0 unspecified atom stereocenters. The molecule has 142 valence electrons. The van der Waals surface area contributed by atoms with Crippen LogP contribution in [-0.2, 0) is 26.6 Å². The van der Waals surface area contributed by atoms with Gasteiger partial charge in [-0.3, -0.25) is 9.59 Å². The van der Waals surface area contributed by atoms with Gasteiger partial charge in [-0.25, -0.2) is 0 Å². The van der Waals surface area contributed by atoms with Gasteiger partial charge in [-0.1, -0.05) is 30.3 Å². The molecule has 0 spiro atoms. The Bertz CT molecular complexity index is 711. The zero-order chi connectivity index (χ0) is 19.4. The van der Waals surface area contributed by atoms with Crippen molar-refractivity contribution in [1.29, 1.82) is 0 Å². The van der Waals surface area contributed by atoms with Crippen LogP contribution < -0.4 is 10.2 Å². The van der Waals surface area contributed by atoms with E-state index in [2.05, 4.69) is 4.74 Å². The van der Waals surface area contributed by atoms with E-state index in [-0.39, 0.29) is 24.3 Å². The third kappa shape index (κ3) is 7.06. The van der Waals surface area contributed by atoms with Crippen LogP contribution in [-0.4, -0.2) is 34.7 Å². The Morgan fingerprint density at radius 1 is 1.08 bits per heavy atom. The minimum atomic E-state index is -1.21.